The predicted molar refractivity (Wildman–Crippen MR) is 115 cm³/mol. The van der Waals surface area contributed by atoms with Gasteiger partial charge in [0, 0.05) is 0 Å². The Labute approximate surface area is 181 Å². The van der Waals surface area contributed by atoms with Crippen LogP contribution in [-0.2, 0) is 14.3 Å². The van der Waals surface area contributed by atoms with E-state index in [1.54, 1.807) is 41.5 Å². The third-order valence-corrected chi connectivity index (χ3v) is 5.76. The zero-order valence-electron chi connectivity index (χ0n) is 19.6. The van der Waals surface area contributed by atoms with Gasteiger partial charge in [-0.2, -0.15) is 0 Å². The van der Waals surface area contributed by atoms with E-state index in [-0.39, 0.29) is 5.78 Å². The molecule has 2 N–H and O–H groups in total. The number of nitrogens with one attached hydrogen (secondary N) is 2. The zero-order chi connectivity index (χ0) is 22.6. The highest BCUT2D eigenvalue weighted by atomic mass is 16.6. The monoisotopic (exact) mass is 424 g/mol. The molecule has 2 aliphatic carbocycles. The molecule has 0 radical (unpaired) electrons. The summed E-state index contributed by atoms with van der Waals surface area (Å²) < 4.78 is 10.9. The molecule has 2 amide bonds. The van der Waals surface area contributed by atoms with Gasteiger partial charge in [-0.15, -0.1) is 0 Å². The summed E-state index contributed by atoms with van der Waals surface area (Å²) in [5.74, 6) is -0.105. The van der Waals surface area contributed by atoms with Gasteiger partial charge in [-0.1, -0.05) is 38.5 Å². The number of carbonyl (C=O) groups is 3. The molecule has 0 aliphatic heterocycles. The topological polar surface area (TPSA) is 93.7 Å². The molecule has 2 rings (SSSR count). The fourth-order valence-corrected chi connectivity index (χ4v) is 4.58. The van der Waals surface area contributed by atoms with Crippen molar-refractivity contribution < 1.29 is 23.9 Å². The minimum Gasteiger partial charge on any atom is -0.444 e. The Bertz CT molecular complexity index is 579. The molecule has 0 aromatic carbocycles. The van der Waals surface area contributed by atoms with E-state index in [1.807, 2.05) is 0 Å². The van der Waals surface area contributed by atoms with E-state index in [0.717, 1.165) is 38.5 Å². The average Bonchev–Trinajstić information content (AvgIpc) is 2.59. The van der Waals surface area contributed by atoms with Gasteiger partial charge < -0.3 is 20.1 Å². The van der Waals surface area contributed by atoms with Gasteiger partial charge in [0.2, 0.25) is 0 Å². The average molecular weight is 425 g/mol. The molecule has 0 aromatic heterocycles. The normalized spacial score (nSPS) is 21.3. The molecule has 172 valence electrons. The number of amides is 2. The summed E-state index contributed by atoms with van der Waals surface area (Å²) >= 11 is 0. The van der Waals surface area contributed by atoms with Gasteiger partial charge in [0.25, 0.3) is 0 Å². The van der Waals surface area contributed by atoms with Crippen molar-refractivity contribution in [2.24, 2.45) is 0 Å². The number of ether oxygens (including phenoxy) is 2. The number of hydrogen-bond acceptors (Lipinski definition) is 5. The summed E-state index contributed by atoms with van der Waals surface area (Å²) in [5.41, 5.74) is -3.35. The second kappa shape index (κ2) is 9.15. The molecule has 0 heterocycles. The lowest BCUT2D eigenvalue weighted by Crippen LogP contribution is -2.68. The zero-order valence-corrected chi connectivity index (χ0v) is 19.6. The number of carbonyl (C=O) groups excluding carboxylic acids is 3. The van der Waals surface area contributed by atoms with Gasteiger partial charge in [0.05, 0.1) is 0 Å². The van der Waals surface area contributed by atoms with Crippen LogP contribution in [0.2, 0.25) is 0 Å². The van der Waals surface area contributed by atoms with Crippen LogP contribution in [0.1, 0.15) is 106 Å². The molecule has 0 aromatic rings. The predicted octanol–water partition coefficient (Wildman–Crippen LogP) is 5.01. The minimum absolute atomic E-state index is 0.105. The van der Waals surface area contributed by atoms with Crippen LogP contribution in [0.5, 0.6) is 0 Å². The highest BCUT2D eigenvalue weighted by molar-refractivity contribution is 6.00. The second-order valence-corrected chi connectivity index (χ2v) is 10.9. The number of ketones is 1. The summed E-state index contributed by atoms with van der Waals surface area (Å²) in [6, 6.07) is 0. The molecule has 0 spiro atoms. The Morgan fingerprint density at radius 3 is 1.17 bits per heavy atom. The van der Waals surface area contributed by atoms with Gasteiger partial charge >= 0.3 is 12.2 Å². The van der Waals surface area contributed by atoms with Crippen LogP contribution in [0.15, 0.2) is 0 Å². The van der Waals surface area contributed by atoms with Crippen molar-refractivity contribution in [3.05, 3.63) is 0 Å². The van der Waals surface area contributed by atoms with Gasteiger partial charge in [-0.05, 0) is 67.2 Å². The first-order chi connectivity index (χ1) is 13.8. The summed E-state index contributed by atoms with van der Waals surface area (Å²) in [7, 11) is 0. The molecule has 0 atom stereocenters. The van der Waals surface area contributed by atoms with Crippen molar-refractivity contribution in [3.63, 3.8) is 0 Å². The fourth-order valence-electron chi connectivity index (χ4n) is 4.58. The number of hydrogen-bond donors (Lipinski definition) is 2. The SMILES string of the molecule is CC(C)(C)OC(=O)NC1(C(=O)C2(NC(=O)OC(C)(C)C)CCCCC2)CCCCC1. The largest absolute Gasteiger partial charge is 0.444 e. The molecule has 0 bridgehead atoms. The van der Waals surface area contributed by atoms with Crippen LogP contribution in [-0.4, -0.2) is 40.2 Å². The molecule has 2 aliphatic rings. The summed E-state index contributed by atoms with van der Waals surface area (Å²) in [4.78, 5) is 39.3. The third kappa shape index (κ3) is 6.61. The first-order valence-corrected chi connectivity index (χ1v) is 11.3. The van der Waals surface area contributed by atoms with Crippen molar-refractivity contribution in [1.29, 1.82) is 0 Å². The van der Waals surface area contributed by atoms with E-state index in [1.165, 1.54) is 0 Å². The third-order valence-electron chi connectivity index (χ3n) is 5.76. The lowest BCUT2D eigenvalue weighted by Gasteiger charge is -2.46. The molecular formula is C23H40N2O5. The van der Waals surface area contributed by atoms with E-state index in [4.69, 9.17) is 9.47 Å². The molecule has 2 saturated carbocycles. The van der Waals surface area contributed by atoms with Crippen molar-refractivity contribution >= 4 is 18.0 Å². The quantitative estimate of drug-likeness (QED) is 0.661. The van der Waals surface area contributed by atoms with Crippen molar-refractivity contribution in [2.45, 2.75) is 128 Å². The van der Waals surface area contributed by atoms with E-state index in [2.05, 4.69) is 10.6 Å². The Hall–Kier alpha value is -1.79. The number of Topliss-reactive ketones (excluding diaryl/α,β-unsaturated/α-hetero) is 1. The van der Waals surface area contributed by atoms with Crippen molar-refractivity contribution in [3.8, 4) is 0 Å². The first kappa shape index (κ1) is 24.5. The highest BCUT2D eigenvalue weighted by Crippen LogP contribution is 2.38. The lowest BCUT2D eigenvalue weighted by molar-refractivity contribution is -0.135. The highest BCUT2D eigenvalue weighted by Gasteiger charge is 2.53. The van der Waals surface area contributed by atoms with Gasteiger partial charge in [0.15, 0.2) is 5.78 Å². The van der Waals surface area contributed by atoms with E-state index >= 15 is 0 Å². The van der Waals surface area contributed by atoms with Crippen LogP contribution in [0.25, 0.3) is 0 Å². The smallest absolute Gasteiger partial charge is 0.408 e. The standard InChI is InChI=1S/C23H40N2O5/c1-20(2,3)29-18(27)24-22(13-9-7-10-14-22)17(26)23(15-11-8-12-16-23)25-19(28)30-21(4,5)6/h7-16H2,1-6H3,(H,24,27)(H,25,28). The van der Waals surface area contributed by atoms with Gasteiger partial charge in [-0.25, -0.2) is 9.59 Å². The maximum Gasteiger partial charge on any atom is 0.408 e. The molecule has 0 saturated heterocycles. The van der Waals surface area contributed by atoms with E-state index in [9.17, 15) is 14.4 Å². The van der Waals surface area contributed by atoms with Crippen LogP contribution >= 0.6 is 0 Å². The number of rotatable bonds is 4. The van der Waals surface area contributed by atoms with E-state index in [0.29, 0.717) is 25.7 Å². The Morgan fingerprint density at radius 1 is 0.600 bits per heavy atom. The fraction of sp³-hybridized carbons (Fsp3) is 0.870. The van der Waals surface area contributed by atoms with Crippen LogP contribution in [0, 0.1) is 0 Å². The summed E-state index contributed by atoms with van der Waals surface area (Å²) in [6.07, 6.45) is 6.52. The summed E-state index contributed by atoms with van der Waals surface area (Å²) in [6.45, 7) is 10.8. The van der Waals surface area contributed by atoms with Gasteiger partial charge in [-0.3, -0.25) is 4.79 Å². The molecule has 2 fully saturated rings. The molecule has 7 heteroatoms. The Kier molecular flexibility index (Phi) is 7.46. The first-order valence-electron chi connectivity index (χ1n) is 11.3. The molecular weight excluding hydrogens is 384 g/mol. The van der Waals surface area contributed by atoms with Crippen molar-refractivity contribution in [2.75, 3.05) is 0 Å². The van der Waals surface area contributed by atoms with Gasteiger partial charge in [0.1, 0.15) is 22.3 Å². The Morgan fingerprint density at radius 2 is 0.900 bits per heavy atom. The minimum atomic E-state index is -1.02. The lowest BCUT2D eigenvalue weighted by atomic mass is 9.67. The van der Waals surface area contributed by atoms with Crippen LogP contribution < -0.4 is 10.6 Å². The molecule has 7 nitrogen and oxygen atoms in total. The molecule has 0 unspecified atom stereocenters. The maximum atomic E-state index is 14.1. The number of alkyl carbamates (subject to hydrolysis) is 2. The maximum absolute atomic E-state index is 14.1. The van der Waals surface area contributed by atoms with E-state index < -0.39 is 34.5 Å². The van der Waals surface area contributed by atoms with Crippen LogP contribution in [0.3, 0.4) is 0 Å². The van der Waals surface area contributed by atoms with Crippen LogP contribution in [0.4, 0.5) is 9.59 Å². The van der Waals surface area contributed by atoms with Crippen molar-refractivity contribution in [1.82, 2.24) is 10.6 Å². The summed E-state index contributed by atoms with van der Waals surface area (Å²) in [5, 5.41) is 5.86. The Balaban J connectivity index is 2.31. The second-order valence-electron chi connectivity index (χ2n) is 10.9. The molecule has 30 heavy (non-hydrogen) atoms.